The first-order chi connectivity index (χ1) is 16.3. The molecule has 10 heteroatoms. The van der Waals surface area contributed by atoms with Gasteiger partial charge in [0.05, 0.1) is 11.5 Å². The highest BCUT2D eigenvalue weighted by Gasteiger charge is 2.28. The minimum Gasteiger partial charge on any atom is -0.395 e. The number of aliphatic hydroxyl groups excluding tert-OH is 1. The molecule has 3 N–H and O–H groups in total. The number of rotatable bonds is 7. The Balaban J connectivity index is 1.39. The predicted octanol–water partition coefficient (Wildman–Crippen LogP) is 2.37. The summed E-state index contributed by atoms with van der Waals surface area (Å²) in [5.74, 6) is 2.21. The van der Waals surface area contributed by atoms with E-state index in [0.717, 1.165) is 54.6 Å². The van der Waals surface area contributed by atoms with Gasteiger partial charge in [-0.3, -0.25) is 9.69 Å². The molecule has 2 aromatic rings. The van der Waals surface area contributed by atoms with Crippen molar-refractivity contribution in [3.63, 3.8) is 0 Å². The fourth-order valence-electron chi connectivity index (χ4n) is 4.17. The molecule has 2 aliphatic rings. The number of aromatic nitrogens is 2. The number of nitrogens with zero attached hydrogens (tertiary/aromatic N) is 5. The molecule has 0 bridgehead atoms. The zero-order valence-corrected chi connectivity index (χ0v) is 21.0. The van der Waals surface area contributed by atoms with Crippen LogP contribution in [0.4, 0.5) is 17.3 Å². The molecule has 0 radical (unpaired) electrons. The largest absolute Gasteiger partial charge is 0.395 e. The molecule has 1 saturated heterocycles. The lowest BCUT2D eigenvalue weighted by atomic mass is 10.1. The monoisotopic (exact) mass is 483 g/mol. The van der Waals surface area contributed by atoms with E-state index >= 15 is 0 Å². The quantitative estimate of drug-likeness (QED) is 0.548. The third-order valence-corrected chi connectivity index (χ3v) is 7.30. The van der Waals surface area contributed by atoms with Gasteiger partial charge in [0.2, 0.25) is 0 Å². The van der Waals surface area contributed by atoms with Gasteiger partial charge in [0.15, 0.2) is 5.50 Å². The number of benzene rings is 1. The van der Waals surface area contributed by atoms with Crippen molar-refractivity contribution in [3.8, 4) is 0 Å². The molecule has 1 unspecified atom stereocenters. The van der Waals surface area contributed by atoms with Crippen LogP contribution < -0.4 is 15.5 Å². The van der Waals surface area contributed by atoms with Gasteiger partial charge in [0, 0.05) is 57.7 Å². The van der Waals surface area contributed by atoms with E-state index < -0.39 is 0 Å². The maximum atomic E-state index is 12.9. The van der Waals surface area contributed by atoms with E-state index in [9.17, 15) is 4.79 Å². The molecule has 1 fully saturated rings. The Morgan fingerprint density at radius 1 is 1.15 bits per heavy atom. The van der Waals surface area contributed by atoms with Crippen molar-refractivity contribution in [2.24, 2.45) is 0 Å². The lowest BCUT2D eigenvalue weighted by molar-refractivity contribution is -0.112. The van der Waals surface area contributed by atoms with Crippen LogP contribution >= 0.6 is 11.8 Å². The summed E-state index contributed by atoms with van der Waals surface area (Å²) in [7, 11) is 1.94. The molecule has 1 aromatic carbocycles. The second-order valence-corrected chi connectivity index (χ2v) is 9.83. The number of β-amino-alcohol motifs (C(OH)–C–C–N with tert-alkyl or cyclic N) is 1. The Bertz CT molecular complexity index is 1050. The smallest absolute Gasteiger partial charge is 0.263 e. The minimum atomic E-state index is -0.151. The summed E-state index contributed by atoms with van der Waals surface area (Å²) in [6, 6.07) is 7.95. The van der Waals surface area contributed by atoms with Gasteiger partial charge >= 0.3 is 0 Å². The van der Waals surface area contributed by atoms with Crippen LogP contribution in [0.3, 0.4) is 0 Å². The average Bonchev–Trinajstić information content (AvgIpc) is 3.17. The van der Waals surface area contributed by atoms with Gasteiger partial charge in [-0.15, -0.1) is 0 Å². The van der Waals surface area contributed by atoms with E-state index in [2.05, 4.69) is 30.4 Å². The van der Waals surface area contributed by atoms with E-state index in [1.165, 1.54) is 11.8 Å². The Morgan fingerprint density at radius 3 is 2.53 bits per heavy atom. The predicted molar refractivity (Wildman–Crippen MR) is 138 cm³/mol. The van der Waals surface area contributed by atoms with E-state index in [-0.39, 0.29) is 18.0 Å². The van der Waals surface area contributed by atoms with Crippen molar-refractivity contribution >= 4 is 35.0 Å². The fourth-order valence-corrected chi connectivity index (χ4v) is 5.21. The highest BCUT2D eigenvalue weighted by molar-refractivity contribution is 8.04. The van der Waals surface area contributed by atoms with Crippen LogP contribution in [0.25, 0.3) is 0 Å². The molecule has 9 nitrogen and oxygen atoms in total. The fraction of sp³-hybridized carbons (Fsp3) is 0.458. The van der Waals surface area contributed by atoms with Crippen molar-refractivity contribution in [2.45, 2.75) is 26.3 Å². The van der Waals surface area contributed by atoms with Gasteiger partial charge in [-0.25, -0.2) is 9.97 Å². The summed E-state index contributed by atoms with van der Waals surface area (Å²) < 4.78 is 0. The maximum absolute atomic E-state index is 12.9. The molecular formula is C24H33N7O2S. The molecule has 1 amide bonds. The Kier molecular flexibility index (Phi) is 7.60. The van der Waals surface area contributed by atoms with Gasteiger partial charge in [-0.05, 0) is 31.9 Å². The average molecular weight is 484 g/mol. The first kappa shape index (κ1) is 24.3. The van der Waals surface area contributed by atoms with E-state index in [0.29, 0.717) is 17.3 Å². The Labute approximate surface area is 205 Å². The number of aryl methyl sites for hydroxylation is 3. The summed E-state index contributed by atoms with van der Waals surface area (Å²) >= 11 is 1.47. The van der Waals surface area contributed by atoms with Crippen molar-refractivity contribution in [1.82, 2.24) is 19.8 Å². The summed E-state index contributed by atoms with van der Waals surface area (Å²) in [6.07, 6.45) is 1.86. The summed E-state index contributed by atoms with van der Waals surface area (Å²) in [5.41, 5.74) is 2.80. The summed E-state index contributed by atoms with van der Waals surface area (Å²) in [5, 5.41) is 15.7. The van der Waals surface area contributed by atoms with E-state index in [4.69, 9.17) is 5.11 Å². The van der Waals surface area contributed by atoms with Crippen molar-refractivity contribution in [1.29, 1.82) is 0 Å². The molecule has 4 rings (SSSR count). The Hall–Kier alpha value is -2.82. The van der Waals surface area contributed by atoms with Crippen molar-refractivity contribution in [3.05, 3.63) is 52.3 Å². The number of para-hydroxylation sites is 1. The van der Waals surface area contributed by atoms with Crippen LogP contribution in [0.15, 0.2) is 35.4 Å². The van der Waals surface area contributed by atoms with Crippen LogP contribution in [-0.2, 0) is 4.79 Å². The molecule has 1 aromatic heterocycles. The zero-order chi connectivity index (χ0) is 24.2. The molecule has 1 atom stereocenters. The number of hydrogen-bond acceptors (Lipinski definition) is 9. The van der Waals surface area contributed by atoms with Gasteiger partial charge in [-0.2, -0.15) is 0 Å². The number of piperazine rings is 1. The maximum Gasteiger partial charge on any atom is 0.263 e. The van der Waals surface area contributed by atoms with E-state index in [1.54, 1.807) is 0 Å². The molecule has 34 heavy (non-hydrogen) atoms. The minimum absolute atomic E-state index is 0.112. The van der Waals surface area contributed by atoms with Crippen LogP contribution in [0, 0.1) is 20.8 Å². The van der Waals surface area contributed by atoms with Gasteiger partial charge in [-0.1, -0.05) is 30.0 Å². The highest BCUT2D eigenvalue weighted by Crippen LogP contribution is 2.34. The first-order valence-corrected chi connectivity index (χ1v) is 12.4. The number of nitrogens with one attached hydrogen (secondary N) is 2. The zero-order valence-electron chi connectivity index (χ0n) is 20.2. The molecule has 3 heterocycles. The third kappa shape index (κ3) is 5.63. The lowest BCUT2D eigenvalue weighted by Crippen LogP contribution is -2.47. The lowest BCUT2D eigenvalue weighted by Gasteiger charge is -2.35. The standard InChI is InChI=1S/C24H33N7O2S/c1-16-6-5-7-17(2)22(16)28-23(33)19-15-29(4)24(34-19)27-20-14-21(26-18(3)25-20)31-10-8-30(9-11-31)12-13-32/h5-7,14-15,24,32H,8-13H2,1-4H3,(H,28,33)(H,25,26,27). The summed E-state index contributed by atoms with van der Waals surface area (Å²) in [6.45, 7) is 10.3. The SMILES string of the molecule is Cc1nc(NC2SC(C(=O)Nc3c(C)cccc3C)=CN2C)cc(N2CCN(CCO)CC2)n1. The van der Waals surface area contributed by atoms with Crippen LogP contribution in [0.2, 0.25) is 0 Å². The van der Waals surface area contributed by atoms with Gasteiger partial charge in [0.25, 0.3) is 5.91 Å². The van der Waals surface area contributed by atoms with Crippen molar-refractivity contribution in [2.75, 3.05) is 61.9 Å². The number of thioether (sulfide) groups is 1. The molecular weight excluding hydrogens is 450 g/mol. The van der Waals surface area contributed by atoms with Gasteiger partial charge < -0.3 is 25.5 Å². The number of carbonyl (C=O) groups excluding carboxylic acids is 1. The second kappa shape index (κ2) is 10.6. The number of amides is 1. The number of aliphatic hydroxyl groups is 1. The van der Waals surface area contributed by atoms with Crippen LogP contribution in [0.5, 0.6) is 0 Å². The molecule has 0 saturated carbocycles. The van der Waals surface area contributed by atoms with Crippen molar-refractivity contribution < 1.29 is 9.90 Å². The highest BCUT2D eigenvalue weighted by atomic mass is 32.2. The molecule has 182 valence electrons. The third-order valence-electron chi connectivity index (χ3n) is 6.08. The number of hydrogen-bond donors (Lipinski definition) is 3. The normalized spacial score (nSPS) is 18.7. The molecule has 0 aliphatic carbocycles. The van der Waals surface area contributed by atoms with E-state index in [1.807, 2.05) is 63.2 Å². The van der Waals surface area contributed by atoms with Crippen LogP contribution in [0.1, 0.15) is 17.0 Å². The molecule has 0 spiro atoms. The van der Waals surface area contributed by atoms with Crippen LogP contribution in [-0.4, -0.2) is 82.7 Å². The summed E-state index contributed by atoms with van der Waals surface area (Å²) in [4.78, 5) is 29.3. The second-order valence-electron chi connectivity index (χ2n) is 8.71. The Morgan fingerprint density at radius 2 is 1.85 bits per heavy atom. The number of anilines is 3. The van der Waals surface area contributed by atoms with Gasteiger partial charge in [0.1, 0.15) is 17.5 Å². The molecule has 2 aliphatic heterocycles. The first-order valence-electron chi connectivity index (χ1n) is 11.5. The number of carbonyl (C=O) groups is 1. The topological polar surface area (TPSA) is 96.9 Å².